The van der Waals surface area contributed by atoms with Gasteiger partial charge in [-0.25, -0.2) is 4.98 Å². The smallest absolute Gasteiger partial charge is 0.549 e. The summed E-state index contributed by atoms with van der Waals surface area (Å²) in [6.45, 7) is 0.201. The number of carbonyl (C=O) groups excluding carboxylic acids is 2. The van der Waals surface area contributed by atoms with Crippen LogP contribution in [0, 0.1) is 5.92 Å². The van der Waals surface area contributed by atoms with Crippen molar-refractivity contribution in [2.75, 3.05) is 6.61 Å². The van der Waals surface area contributed by atoms with Gasteiger partial charge in [0.15, 0.2) is 0 Å². The summed E-state index contributed by atoms with van der Waals surface area (Å²) in [5, 5.41) is 24.5. The zero-order valence-electron chi connectivity index (χ0n) is 17.9. The fourth-order valence-electron chi connectivity index (χ4n) is 3.25. The van der Waals surface area contributed by atoms with E-state index in [4.69, 9.17) is 9.72 Å². The number of carboxylic acids is 2. The van der Waals surface area contributed by atoms with Gasteiger partial charge in [0, 0.05) is 11.5 Å². The average molecular weight is 465 g/mol. The van der Waals surface area contributed by atoms with E-state index in [1.54, 1.807) is 11.3 Å². The minimum absolute atomic E-state index is 0. The van der Waals surface area contributed by atoms with Crippen LogP contribution in [0.1, 0.15) is 12.8 Å². The molecule has 0 atom stereocenters. The summed E-state index contributed by atoms with van der Waals surface area (Å²) < 4.78 is 6.79. The average Bonchev–Trinajstić information content (AvgIpc) is 3.17. The van der Waals surface area contributed by atoms with Crippen molar-refractivity contribution in [2.45, 2.75) is 12.8 Å². The van der Waals surface area contributed by atoms with Crippen LogP contribution in [0.25, 0.3) is 31.6 Å². The van der Waals surface area contributed by atoms with Gasteiger partial charge in [-0.05, 0) is 53.9 Å². The van der Waals surface area contributed by atoms with E-state index in [1.807, 2.05) is 48.5 Å². The number of carboxylic acid groups (broad SMARTS) is 2. The predicted molar refractivity (Wildman–Crippen MR) is 111 cm³/mol. The van der Waals surface area contributed by atoms with Gasteiger partial charge in [0.1, 0.15) is 10.8 Å². The van der Waals surface area contributed by atoms with E-state index in [1.165, 1.54) is 0 Å². The van der Waals surface area contributed by atoms with Crippen LogP contribution in [0.2, 0.25) is 0 Å². The molecule has 4 aromatic rings. The van der Waals surface area contributed by atoms with E-state index in [-0.39, 0.29) is 78.6 Å². The summed E-state index contributed by atoms with van der Waals surface area (Å²) >= 11 is 1.65. The molecule has 0 amide bonds. The maximum Gasteiger partial charge on any atom is 1.00 e. The normalized spacial score (nSPS) is 10.5. The van der Waals surface area contributed by atoms with Crippen molar-refractivity contribution in [3.63, 3.8) is 0 Å². The van der Waals surface area contributed by atoms with Gasteiger partial charge in [-0.3, -0.25) is 0 Å². The van der Waals surface area contributed by atoms with E-state index in [0.717, 1.165) is 31.6 Å². The number of rotatable bonds is 8. The molecular weight excluding hydrogens is 448 g/mol. The van der Waals surface area contributed by atoms with Crippen molar-refractivity contribution in [3.05, 3.63) is 60.7 Å². The van der Waals surface area contributed by atoms with Gasteiger partial charge in [0.2, 0.25) is 0 Å². The van der Waals surface area contributed by atoms with Crippen LogP contribution < -0.4 is 74.1 Å². The third kappa shape index (κ3) is 6.32. The summed E-state index contributed by atoms with van der Waals surface area (Å²) in [5.41, 5.74) is 2.04. The molecule has 9 heteroatoms. The number of ether oxygens (including phenoxy) is 1. The van der Waals surface area contributed by atoms with E-state index >= 15 is 0 Å². The molecule has 0 aliphatic heterocycles. The molecule has 0 saturated heterocycles. The van der Waals surface area contributed by atoms with Crippen molar-refractivity contribution < 1.29 is 83.7 Å². The van der Waals surface area contributed by atoms with Crippen LogP contribution in [0.15, 0.2) is 60.7 Å². The molecule has 1 aromatic heterocycles. The van der Waals surface area contributed by atoms with Crippen LogP contribution in [0.3, 0.4) is 0 Å². The minimum Gasteiger partial charge on any atom is -0.549 e. The second-order valence-electron chi connectivity index (χ2n) is 6.89. The summed E-state index contributed by atoms with van der Waals surface area (Å²) in [4.78, 5) is 26.2. The van der Waals surface area contributed by atoms with Crippen molar-refractivity contribution in [1.82, 2.24) is 4.98 Å². The molecule has 3 aromatic carbocycles. The monoisotopic (exact) mass is 465 g/mol. The number of thiazole rings is 1. The maximum atomic E-state index is 10.8. The Bertz CT molecular complexity index is 1200. The van der Waals surface area contributed by atoms with Crippen LogP contribution in [0.5, 0.6) is 5.75 Å². The molecule has 0 aliphatic rings. The molecule has 32 heavy (non-hydrogen) atoms. The fourth-order valence-corrected chi connectivity index (χ4v) is 4.21. The number of benzene rings is 3. The van der Waals surface area contributed by atoms with Crippen molar-refractivity contribution >= 4 is 44.3 Å². The van der Waals surface area contributed by atoms with Gasteiger partial charge in [-0.15, -0.1) is 11.3 Å². The minimum atomic E-state index is -1.63. The van der Waals surface area contributed by atoms with Gasteiger partial charge >= 0.3 is 59.1 Å². The van der Waals surface area contributed by atoms with Crippen LogP contribution in [-0.4, -0.2) is 23.5 Å². The number of nitrogens with zero attached hydrogens (tertiary/aromatic N) is 1. The molecule has 0 saturated carbocycles. The first-order chi connectivity index (χ1) is 14.5. The summed E-state index contributed by atoms with van der Waals surface area (Å²) in [7, 11) is 0. The Morgan fingerprint density at radius 3 is 2.34 bits per heavy atom. The van der Waals surface area contributed by atoms with E-state index < -0.39 is 17.9 Å². The SMILES string of the molecule is O=C([O-])C(CCCOc1ccc2cc(-c3nc4ccccc4s3)ccc2c1)C(=O)[O-].[Na+].[Na+]. The number of carbonyl (C=O) groups is 2. The number of hydrogen-bond donors (Lipinski definition) is 0. The van der Waals surface area contributed by atoms with Gasteiger partial charge in [0.25, 0.3) is 0 Å². The second-order valence-corrected chi connectivity index (χ2v) is 7.92. The first kappa shape index (κ1) is 26.8. The Hall–Kier alpha value is -1.45. The van der Waals surface area contributed by atoms with E-state index in [0.29, 0.717) is 5.75 Å². The number of fused-ring (bicyclic) bond motifs is 2. The molecule has 0 radical (unpaired) electrons. The predicted octanol–water partition coefficient (Wildman–Crippen LogP) is -3.60. The summed E-state index contributed by atoms with van der Waals surface area (Å²) in [6.07, 6.45) is 0.172. The van der Waals surface area contributed by atoms with Gasteiger partial charge < -0.3 is 24.5 Å². The van der Waals surface area contributed by atoms with Crippen molar-refractivity contribution in [2.24, 2.45) is 5.92 Å². The molecule has 0 aliphatic carbocycles. The van der Waals surface area contributed by atoms with Crippen molar-refractivity contribution in [3.8, 4) is 16.3 Å². The maximum absolute atomic E-state index is 10.8. The molecule has 0 spiro atoms. The molecule has 0 bridgehead atoms. The standard InChI is InChI=1S/C23H19NO5S.2Na/c25-22(26)18(23(27)28)4-3-11-29-17-10-9-14-12-16(8-7-15(14)13-17)21-24-19-5-1-2-6-20(19)30-21;;/h1-2,5-10,12-13,18H,3-4,11H2,(H,25,26)(H,27,28);;/q;2*+1/p-2. The summed E-state index contributed by atoms with van der Waals surface area (Å²) in [6, 6.07) is 19.8. The Labute approximate surface area is 233 Å². The molecule has 1 heterocycles. The van der Waals surface area contributed by atoms with E-state index in [9.17, 15) is 19.8 Å². The molecule has 4 rings (SSSR count). The number of hydrogen-bond acceptors (Lipinski definition) is 7. The fraction of sp³-hybridized carbons (Fsp3) is 0.174. The first-order valence-electron chi connectivity index (χ1n) is 9.45. The number of aliphatic carboxylic acids is 2. The largest absolute Gasteiger partial charge is 1.00 e. The Morgan fingerprint density at radius 2 is 1.62 bits per heavy atom. The Kier molecular flexibility index (Phi) is 10.2. The molecule has 6 nitrogen and oxygen atoms in total. The van der Waals surface area contributed by atoms with Crippen molar-refractivity contribution in [1.29, 1.82) is 0 Å². The molecular formula is C23H17NNa2O5S. The Morgan fingerprint density at radius 1 is 0.938 bits per heavy atom. The van der Waals surface area contributed by atoms with E-state index in [2.05, 4.69) is 12.1 Å². The van der Waals surface area contributed by atoms with Gasteiger partial charge in [0.05, 0.1) is 28.8 Å². The third-order valence-electron chi connectivity index (χ3n) is 4.83. The number of aromatic nitrogens is 1. The second kappa shape index (κ2) is 12.1. The van der Waals surface area contributed by atoms with Gasteiger partial charge in [-0.1, -0.05) is 30.3 Å². The number of para-hydroxylation sites is 1. The Balaban J connectivity index is 0.00000181. The zero-order chi connectivity index (χ0) is 21.1. The molecule has 0 fully saturated rings. The topological polar surface area (TPSA) is 102 Å². The quantitative estimate of drug-likeness (QED) is 0.151. The molecule has 0 unspecified atom stereocenters. The molecule has 0 N–H and O–H groups in total. The summed E-state index contributed by atoms with van der Waals surface area (Å²) in [5.74, 6) is -4.26. The molecule has 152 valence electrons. The zero-order valence-corrected chi connectivity index (χ0v) is 22.7. The van der Waals surface area contributed by atoms with Crippen LogP contribution in [-0.2, 0) is 9.59 Å². The van der Waals surface area contributed by atoms with Crippen LogP contribution in [0.4, 0.5) is 0 Å². The van der Waals surface area contributed by atoms with Gasteiger partial charge in [-0.2, -0.15) is 0 Å². The third-order valence-corrected chi connectivity index (χ3v) is 5.91. The first-order valence-corrected chi connectivity index (χ1v) is 10.3. The van der Waals surface area contributed by atoms with Crippen LogP contribution >= 0.6 is 11.3 Å².